The van der Waals surface area contributed by atoms with Crippen molar-refractivity contribution in [3.63, 3.8) is 0 Å². The molecule has 1 saturated carbocycles. The van der Waals surface area contributed by atoms with Gasteiger partial charge in [-0.2, -0.15) is 0 Å². The lowest BCUT2D eigenvalue weighted by Gasteiger charge is -2.40. The van der Waals surface area contributed by atoms with Crippen molar-refractivity contribution in [3.8, 4) is 5.75 Å². The molecule has 1 aliphatic carbocycles. The van der Waals surface area contributed by atoms with Crippen LogP contribution in [0.3, 0.4) is 0 Å². The molecule has 2 aliphatic heterocycles. The number of nitrogens with zero attached hydrogens (tertiary/aromatic N) is 2. The summed E-state index contributed by atoms with van der Waals surface area (Å²) in [4.78, 5) is 43.3. The fraction of sp³-hybridized carbons (Fsp3) is 0.500. The van der Waals surface area contributed by atoms with Crippen LogP contribution in [0.25, 0.3) is 0 Å². The van der Waals surface area contributed by atoms with Crippen molar-refractivity contribution in [2.45, 2.75) is 51.0 Å². The van der Waals surface area contributed by atoms with Gasteiger partial charge < -0.3 is 25.2 Å². The van der Waals surface area contributed by atoms with E-state index < -0.39 is 0 Å². The smallest absolute Gasteiger partial charge is 0.321 e. The maximum Gasteiger partial charge on any atom is 0.321 e. The summed E-state index contributed by atoms with van der Waals surface area (Å²) in [6.45, 7) is 2.83. The van der Waals surface area contributed by atoms with Gasteiger partial charge in [0.05, 0.1) is 18.7 Å². The van der Waals surface area contributed by atoms with Gasteiger partial charge >= 0.3 is 6.03 Å². The third-order valence-corrected chi connectivity index (χ3v) is 8.65. The van der Waals surface area contributed by atoms with Crippen molar-refractivity contribution >= 4 is 23.5 Å². The number of piperidine rings is 1. The molecular formula is C30H38N4O4. The van der Waals surface area contributed by atoms with Crippen LogP contribution < -0.4 is 15.4 Å². The first-order chi connectivity index (χ1) is 18.5. The lowest BCUT2D eigenvalue weighted by atomic mass is 9.77. The number of ether oxygens (including phenoxy) is 1. The molecule has 0 aromatic heterocycles. The van der Waals surface area contributed by atoms with E-state index in [9.17, 15) is 14.4 Å². The van der Waals surface area contributed by atoms with E-state index in [-0.39, 0.29) is 35.2 Å². The minimum absolute atomic E-state index is 0.0638. The Hall–Kier alpha value is -3.55. The molecule has 8 heteroatoms. The molecule has 3 aliphatic rings. The molecule has 2 aromatic rings. The average Bonchev–Trinajstić information content (AvgIpc) is 3.37. The van der Waals surface area contributed by atoms with Crippen LogP contribution in [0.5, 0.6) is 5.75 Å². The molecule has 0 bridgehead atoms. The highest BCUT2D eigenvalue weighted by Crippen LogP contribution is 2.42. The minimum Gasteiger partial charge on any atom is -0.495 e. The van der Waals surface area contributed by atoms with Gasteiger partial charge in [0.25, 0.3) is 5.91 Å². The number of nitrogens with one attached hydrogen (secondary N) is 2. The Labute approximate surface area is 224 Å². The molecule has 202 valence electrons. The predicted octanol–water partition coefficient (Wildman–Crippen LogP) is 4.53. The van der Waals surface area contributed by atoms with E-state index in [2.05, 4.69) is 10.6 Å². The van der Waals surface area contributed by atoms with E-state index in [4.69, 9.17) is 4.74 Å². The lowest BCUT2D eigenvalue weighted by molar-refractivity contribution is -0.136. The fourth-order valence-electron chi connectivity index (χ4n) is 6.33. The molecule has 2 heterocycles. The summed E-state index contributed by atoms with van der Waals surface area (Å²) in [5, 5.41) is 6.14. The molecule has 0 unspecified atom stereocenters. The zero-order valence-electron chi connectivity index (χ0n) is 22.2. The first-order valence-corrected chi connectivity index (χ1v) is 13.8. The number of para-hydroxylation sites is 2. The van der Waals surface area contributed by atoms with Gasteiger partial charge in [-0.3, -0.25) is 9.59 Å². The first-order valence-electron chi connectivity index (χ1n) is 13.8. The Bertz CT molecular complexity index is 1150. The van der Waals surface area contributed by atoms with Crippen molar-refractivity contribution in [2.24, 2.45) is 11.3 Å². The number of urea groups is 1. The number of rotatable bonds is 5. The fourth-order valence-corrected chi connectivity index (χ4v) is 6.33. The van der Waals surface area contributed by atoms with E-state index in [1.165, 1.54) is 0 Å². The summed E-state index contributed by atoms with van der Waals surface area (Å²) in [6, 6.07) is 16.4. The summed E-state index contributed by atoms with van der Waals surface area (Å²) < 4.78 is 5.35. The van der Waals surface area contributed by atoms with Gasteiger partial charge in [-0.15, -0.1) is 0 Å². The van der Waals surface area contributed by atoms with Crippen molar-refractivity contribution in [1.29, 1.82) is 0 Å². The first kappa shape index (κ1) is 26.1. The lowest BCUT2D eigenvalue weighted by Crippen LogP contribution is -2.50. The number of hydrogen-bond donors (Lipinski definition) is 2. The van der Waals surface area contributed by atoms with Gasteiger partial charge in [0.2, 0.25) is 5.91 Å². The molecule has 5 rings (SSSR count). The highest BCUT2D eigenvalue weighted by Gasteiger charge is 2.45. The van der Waals surface area contributed by atoms with Crippen LogP contribution >= 0.6 is 0 Å². The van der Waals surface area contributed by atoms with E-state index in [1.807, 2.05) is 64.4 Å². The molecule has 0 radical (unpaired) electrons. The highest BCUT2D eigenvalue weighted by atomic mass is 16.5. The third kappa shape index (κ3) is 5.64. The summed E-state index contributed by atoms with van der Waals surface area (Å²) in [5.41, 5.74) is 1.36. The molecule has 8 nitrogen and oxygen atoms in total. The van der Waals surface area contributed by atoms with Crippen molar-refractivity contribution in [2.75, 3.05) is 38.6 Å². The van der Waals surface area contributed by atoms with E-state index in [1.54, 1.807) is 7.11 Å². The highest BCUT2D eigenvalue weighted by molar-refractivity contribution is 5.95. The second-order valence-electron chi connectivity index (χ2n) is 11.0. The molecule has 2 atom stereocenters. The van der Waals surface area contributed by atoms with Gasteiger partial charge in [0.15, 0.2) is 0 Å². The predicted molar refractivity (Wildman–Crippen MR) is 146 cm³/mol. The van der Waals surface area contributed by atoms with Gasteiger partial charge in [-0.05, 0) is 61.8 Å². The molecular weight excluding hydrogens is 480 g/mol. The molecule has 2 N–H and O–H groups in total. The monoisotopic (exact) mass is 518 g/mol. The Morgan fingerprint density at radius 2 is 1.53 bits per heavy atom. The summed E-state index contributed by atoms with van der Waals surface area (Å²) in [6.07, 6.45) is 6.44. The third-order valence-electron chi connectivity index (χ3n) is 8.65. The number of carbonyl (C=O) groups excluding carboxylic acids is 3. The molecule has 3 fully saturated rings. The SMILES string of the molecule is COc1ccccc1NC(=O)N1CCC2(CC1)CCN(C(=O)[C@H]1CCCC[C@H]1NC(=O)c1ccccc1)C2. The quantitative estimate of drug-likeness (QED) is 0.609. The van der Waals surface area contributed by atoms with Crippen LogP contribution in [0, 0.1) is 11.3 Å². The number of likely N-dealkylation sites (tertiary alicyclic amines) is 2. The van der Waals surface area contributed by atoms with E-state index >= 15 is 0 Å². The maximum atomic E-state index is 13.7. The van der Waals surface area contributed by atoms with Crippen LogP contribution in [0.15, 0.2) is 54.6 Å². The van der Waals surface area contributed by atoms with E-state index in [0.29, 0.717) is 30.1 Å². The minimum atomic E-state index is -0.168. The molecule has 1 spiro atoms. The van der Waals surface area contributed by atoms with Crippen LogP contribution in [0.4, 0.5) is 10.5 Å². The molecule has 4 amide bonds. The van der Waals surface area contributed by atoms with E-state index in [0.717, 1.165) is 58.0 Å². The number of benzene rings is 2. The van der Waals surface area contributed by atoms with Gasteiger partial charge in [-0.1, -0.05) is 43.2 Å². The number of anilines is 1. The van der Waals surface area contributed by atoms with Crippen molar-refractivity contribution < 1.29 is 19.1 Å². The number of methoxy groups -OCH3 is 1. The maximum absolute atomic E-state index is 13.7. The van der Waals surface area contributed by atoms with Gasteiger partial charge in [-0.25, -0.2) is 4.79 Å². The van der Waals surface area contributed by atoms with Crippen LogP contribution in [-0.2, 0) is 4.79 Å². The topological polar surface area (TPSA) is 91.0 Å². The zero-order chi connectivity index (χ0) is 26.5. The second-order valence-corrected chi connectivity index (χ2v) is 11.0. The van der Waals surface area contributed by atoms with Crippen molar-refractivity contribution in [1.82, 2.24) is 15.1 Å². The number of hydrogen-bond acceptors (Lipinski definition) is 4. The van der Waals surface area contributed by atoms with Crippen LogP contribution in [-0.4, -0.2) is 67.0 Å². The van der Waals surface area contributed by atoms with Gasteiger partial charge in [0, 0.05) is 37.8 Å². The van der Waals surface area contributed by atoms with Crippen LogP contribution in [0.2, 0.25) is 0 Å². The molecule has 2 saturated heterocycles. The Morgan fingerprint density at radius 1 is 0.868 bits per heavy atom. The van der Waals surface area contributed by atoms with Crippen molar-refractivity contribution in [3.05, 3.63) is 60.2 Å². The zero-order valence-corrected chi connectivity index (χ0v) is 22.2. The standard InChI is InChI=1S/C30H38N4O4/c1-38-26-14-8-7-13-25(26)32-29(37)33-18-15-30(16-19-33)17-20-34(21-30)28(36)23-11-5-6-12-24(23)31-27(35)22-9-3-2-4-10-22/h2-4,7-10,13-14,23-24H,5-6,11-12,15-21H2,1H3,(H,31,35)(H,32,37)/t23-,24+/m0/s1. The Balaban J connectivity index is 1.16. The molecule has 2 aromatic carbocycles. The largest absolute Gasteiger partial charge is 0.495 e. The Kier molecular flexibility index (Phi) is 7.86. The van der Waals surface area contributed by atoms with Crippen LogP contribution in [0.1, 0.15) is 55.3 Å². The summed E-state index contributed by atoms with van der Waals surface area (Å²) in [7, 11) is 1.59. The second kappa shape index (κ2) is 11.5. The summed E-state index contributed by atoms with van der Waals surface area (Å²) in [5.74, 6) is 0.543. The molecule has 38 heavy (non-hydrogen) atoms. The van der Waals surface area contributed by atoms with Gasteiger partial charge in [0.1, 0.15) is 5.75 Å². The Morgan fingerprint density at radius 3 is 2.26 bits per heavy atom. The number of carbonyl (C=O) groups is 3. The summed E-state index contributed by atoms with van der Waals surface area (Å²) >= 11 is 0. The number of amides is 4. The average molecular weight is 519 g/mol. The normalized spacial score (nSPS) is 22.7.